The van der Waals surface area contributed by atoms with Crippen molar-refractivity contribution in [2.75, 3.05) is 6.54 Å². The van der Waals surface area contributed by atoms with Crippen LogP contribution in [0.5, 0.6) is 0 Å². The molecule has 1 aliphatic carbocycles. The van der Waals surface area contributed by atoms with Gasteiger partial charge < -0.3 is 15.0 Å². The van der Waals surface area contributed by atoms with Crippen molar-refractivity contribution in [2.45, 2.75) is 75.7 Å². The summed E-state index contributed by atoms with van der Waals surface area (Å²) in [5.41, 5.74) is 0. The summed E-state index contributed by atoms with van der Waals surface area (Å²) >= 11 is 0. The molecule has 2 bridgehead atoms. The maximum absolute atomic E-state index is 12.9. The second kappa shape index (κ2) is 5.27. The van der Waals surface area contributed by atoms with Crippen LogP contribution in [0.3, 0.4) is 0 Å². The van der Waals surface area contributed by atoms with E-state index in [1.165, 1.54) is 19.3 Å². The Kier molecular flexibility index (Phi) is 3.40. The van der Waals surface area contributed by atoms with Gasteiger partial charge in [0.1, 0.15) is 12.6 Å². The second-order valence-electron chi connectivity index (χ2n) is 7.09. The highest BCUT2D eigenvalue weighted by Crippen LogP contribution is 2.38. The Labute approximate surface area is 125 Å². The van der Waals surface area contributed by atoms with E-state index in [0.717, 1.165) is 32.1 Å². The van der Waals surface area contributed by atoms with Gasteiger partial charge in [-0.3, -0.25) is 9.59 Å². The van der Waals surface area contributed by atoms with E-state index in [0.29, 0.717) is 12.0 Å². The first-order valence-corrected chi connectivity index (χ1v) is 8.47. The highest BCUT2D eigenvalue weighted by molar-refractivity contribution is 5.95. The van der Waals surface area contributed by atoms with Gasteiger partial charge in [-0.2, -0.15) is 0 Å². The Morgan fingerprint density at radius 2 is 1.86 bits per heavy atom. The van der Waals surface area contributed by atoms with E-state index in [-0.39, 0.29) is 36.5 Å². The molecule has 5 heteroatoms. The number of fused-ring (bicyclic) bond motifs is 2. The van der Waals surface area contributed by atoms with Gasteiger partial charge >= 0.3 is 0 Å². The van der Waals surface area contributed by atoms with Gasteiger partial charge in [0.05, 0.1) is 18.2 Å². The minimum atomic E-state index is -0.286. The van der Waals surface area contributed by atoms with Gasteiger partial charge in [-0.15, -0.1) is 0 Å². The van der Waals surface area contributed by atoms with Crippen molar-refractivity contribution >= 4 is 11.8 Å². The van der Waals surface area contributed by atoms with Crippen LogP contribution < -0.4 is 5.32 Å². The fraction of sp³-hybridized carbons (Fsp3) is 0.875. The van der Waals surface area contributed by atoms with Crippen molar-refractivity contribution in [3.63, 3.8) is 0 Å². The van der Waals surface area contributed by atoms with Gasteiger partial charge in [-0.05, 0) is 38.0 Å². The van der Waals surface area contributed by atoms with E-state index in [1.807, 2.05) is 4.90 Å². The smallest absolute Gasteiger partial charge is 0.246 e. The molecule has 4 atom stereocenters. The summed E-state index contributed by atoms with van der Waals surface area (Å²) in [4.78, 5) is 26.8. The molecular formula is C16H24N2O3. The van der Waals surface area contributed by atoms with Crippen LogP contribution in [0, 0.1) is 5.92 Å². The molecule has 5 nitrogen and oxygen atoms in total. The Bertz CT molecular complexity index is 447. The molecule has 4 rings (SSSR count). The minimum Gasteiger partial charge on any atom is -0.373 e. The number of rotatable bonds is 2. The predicted octanol–water partition coefficient (Wildman–Crippen LogP) is 1.21. The summed E-state index contributed by atoms with van der Waals surface area (Å²) in [5, 5.41) is 2.96. The van der Waals surface area contributed by atoms with Crippen LogP contribution in [-0.4, -0.2) is 47.6 Å². The molecule has 0 spiro atoms. The Balaban J connectivity index is 1.51. The summed E-state index contributed by atoms with van der Waals surface area (Å²) in [5.74, 6) is 0.480. The summed E-state index contributed by atoms with van der Waals surface area (Å²) in [6.45, 7) is 0.222. The molecule has 0 aromatic heterocycles. The van der Waals surface area contributed by atoms with E-state index in [2.05, 4.69) is 5.32 Å². The third kappa shape index (κ3) is 2.35. The first-order valence-electron chi connectivity index (χ1n) is 8.47. The van der Waals surface area contributed by atoms with Crippen molar-refractivity contribution in [3.8, 4) is 0 Å². The number of ether oxygens (including phenoxy) is 1. The van der Waals surface area contributed by atoms with E-state index in [4.69, 9.17) is 4.74 Å². The molecule has 116 valence electrons. The molecule has 3 aliphatic heterocycles. The number of hydrogen-bond acceptors (Lipinski definition) is 3. The molecule has 1 N–H and O–H groups in total. The SMILES string of the molecule is O=C1CN(C2CC3CCC2O3)C(=O)C(C2CCCCC2)N1. The largest absolute Gasteiger partial charge is 0.373 e. The molecule has 3 saturated heterocycles. The summed E-state index contributed by atoms with van der Waals surface area (Å²) < 4.78 is 5.88. The molecule has 1 saturated carbocycles. The lowest BCUT2D eigenvalue weighted by atomic mass is 9.82. The van der Waals surface area contributed by atoms with E-state index < -0.39 is 0 Å². The first-order chi connectivity index (χ1) is 10.2. The third-order valence-electron chi connectivity index (χ3n) is 5.78. The third-order valence-corrected chi connectivity index (χ3v) is 5.78. The van der Waals surface area contributed by atoms with E-state index >= 15 is 0 Å². The maximum atomic E-state index is 12.9. The monoisotopic (exact) mass is 292 g/mol. The zero-order valence-corrected chi connectivity index (χ0v) is 12.4. The quantitative estimate of drug-likeness (QED) is 0.832. The van der Waals surface area contributed by atoms with Gasteiger partial charge in [0.2, 0.25) is 11.8 Å². The number of nitrogens with zero attached hydrogens (tertiary/aromatic N) is 1. The van der Waals surface area contributed by atoms with Crippen molar-refractivity contribution in [2.24, 2.45) is 5.92 Å². The standard InChI is InChI=1S/C16H24N2O3/c19-14-9-18(12-8-11-6-7-13(12)21-11)16(20)15(17-14)10-4-2-1-3-5-10/h10-13,15H,1-9H2,(H,17,19). The number of carbonyl (C=O) groups is 2. The molecule has 0 radical (unpaired) electrons. The summed E-state index contributed by atoms with van der Waals surface area (Å²) in [6, 6.07) is -0.154. The molecule has 4 unspecified atom stereocenters. The van der Waals surface area contributed by atoms with Crippen molar-refractivity contribution in [1.82, 2.24) is 10.2 Å². The molecule has 2 amide bonds. The second-order valence-corrected chi connectivity index (χ2v) is 7.09. The molecule has 21 heavy (non-hydrogen) atoms. The number of carbonyl (C=O) groups excluding carboxylic acids is 2. The van der Waals surface area contributed by atoms with E-state index in [1.54, 1.807) is 0 Å². The Morgan fingerprint density at radius 3 is 2.52 bits per heavy atom. The molecule has 4 fully saturated rings. The highest BCUT2D eigenvalue weighted by Gasteiger charge is 2.49. The van der Waals surface area contributed by atoms with Crippen LogP contribution >= 0.6 is 0 Å². The summed E-state index contributed by atoms with van der Waals surface area (Å²) in [7, 11) is 0. The zero-order chi connectivity index (χ0) is 14.4. The Hall–Kier alpha value is -1.10. The first kappa shape index (κ1) is 13.6. The number of piperazine rings is 1. The molecular weight excluding hydrogens is 268 g/mol. The predicted molar refractivity (Wildman–Crippen MR) is 76.5 cm³/mol. The lowest BCUT2D eigenvalue weighted by molar-refractivity contribution is -0.149. The maximum Gasteiger partial charge on any atom is 0.246 e. The summed E-state index contributed by atoms with van der Waals surface area (Å²) in [6.07, 6.45) is 9.30. The van der Waals surface area contributed by atoms with Crippen molar-refractivity contribution in [3.05, 3.63) is 0 Å². The van der Waals surface area contributed by atoms with Crippen LogP contribution in [-0.2, 0) is 14.3 Å². The van der Waals surface area contributed by atoms with Crippen molar-refractivity contribution < 1.29 is 14.3 Å². The molecule has 4 aliphatic rings. The number of hydrogen-bond donors (Lipinski definition) is 1. The highest BCUT2D eigenvalue weighted by atomic mass is 16.5. The number of amides is 2. The van der Waals surface area contributed by atoms with Crippen molar-refractivity contribution in [1.29, 1.82) is 0 Å². The minimum absolute atomic E-state index is 0.00736. The average molecular weight is 292 g/mol. The molecule has 0 aromatic rings. The van der Waals surface area contributed by atoms with Crippen LogP contribution in [0.4, 0.5) is 0 Å². The lowest BCUT2D eigenvalue weighted by Crippen LogP contribution is -2.64. The fourth-order valence-corrected chi connectivity index (χ4v) is 4.70. The van der Waals surface area contributed by atoms with Gasteiger partial charge in [0, 0.05) is 0 Å². The van der Waals surface area contributed by atoms with Gasteiger partial charge in [-0.1, -0.05) is 19.3 Å². The van der Waals surface area contributed by atoms with Gasteiger partial charge in [0.25, 0.3) is 0 Å². The molecule has 0 aromatic carbocycles. The average Bonchev–Trinajstić information content (AvgIpc) is 3.13. The van der Waals surface area contributed by atoms with Crippen LogP contribution in [0.1, 0.15) is 51.4 Å². The van der Waals surface area contributed by atoms with Gasteiger partial charge in [0.15, 0.2) is 0 Å². The Morgan fingerprint density at radius 1 is 1.05 bits per heavy atom. The fourth-order valence-electron chi connectivity index (χ4n) is 4.70. The lowest BCUT2D eigenvalue weighted by Gasteiger charge is -2.41. The normalized spacial score (nSPS) is 40.7. The topological polar surface area (TPSA) is 58.6 Å². The van der Waals surface area contributed by atoms with Crippen LogP contribution in [0.2, 0.25) is 0 Å². The zero-order valence-electron chi connectivity index (χ0n) is 12.4. The van der Waals surface area contributed by atoms with Gasteiger partial charge in [-0.25, -0.2) is 0 Å². The van der Waals surface area contributed by atoms with Crippen LogP contribution in [0.15, 0.2) is 0 Å². The number of nitrogens with one attached hydrogen (secondary N) is 1. The van der Waals surface area contributed by atoms with E-state index in [9.17, 15) is 9.59 Å². The van der Waals surface area contributed by atoms with Crippen LogP contribution in [0.25, 0.3) is 0 Å². The molecule has 3 heterocycles.